The second-order valence-corrected chi connectivity index (χ2v) is 11.7. The van der Waals surface area contributed by atoms with Gasteiger partial charge in [0.05, 0.1) is 5.69 Å². The number of hydrogen-bond donors (Lipinski definition) is 0. The minimum absolute atomic E-state index is 0.247. The SMILES string of the molecule is CN1CCCC1COc1nc2c(c(N3CCN(C(=O)OC(C)(C)C)CC3)n1)CCN(Cc1ccccc1)C2. The molecule has 1 unspecified atom stereocenters. The highest BCUT2D eigenvalue weighted by Gasteiger charge is 2.31. The molecule has 9 nitrogen and oxygen atoms in total. The molecule has 4 heterocycles. The smallest absolute Gasteiger partial charge is 0.410 e. The third-order valence-corrected chi connectivity index (χ3v) is 7.66. The third-order valence-electron chi connectivity index (χ3n) is 7.66. The van der Waals surface area contributed by atoms with Crippen LogP contribution in [-0.2, 0) is 24.2 Å². The number of ether oxygens (including phenoxy) is 2. The Morgan fingerprint density at radius 1 is 1.03 bits per heavy atom. The number of aromatic nitrogens is 2. The van der Waals surface area contributed by atoms with Crippen molar-refractivity contribution >= 4 is 11.9 Å². The Bertz CT molecular complexity index is 1100. The van der Waals surface area contributed by atoms with Gasteiger partial charge in [-0.25, -0.2) is 4.79 Å². The van der Waals surface area contributed by atoms with E-state index in [1.165, 1.54) is 17.5 Å². The molecule has 0 spiro atoms. The Labute approximate surface area is 226 Å². The number of nitrogens with zero attached hydrogens (tertiary/aromatic N) is 6. The Morgan fingerprint density at radius 2 is 1.79 bits per heavy atom. The molecule has 9 heteroatoms. The number of carbonyl (C=O) groups excluding carboxylic acids is 1. The lowest BCUT2D eigenvalue weighted by atomic mass is 10.0. The van der Waals surface area contributed by atoms with Crippen LogP contribution in [0.15, 0.2) is 30.3 Å². The summed E-state index contributed by atoms with van der Waals surface area (Å²) in [5.74, 6) is 0.966. The molecule has 5 rings (SSSR count). The number of rotatable bonds is 6. The summed E-state index contributed by atoms with van der Waals surface area (Å²) in [6.45, 7) is 12.7. The van der Waals surface area contributed by atoms with Gasteiger partial charge in [-0.3, -0.25) is 4.90 Å². The van der Waals surface area contributed by atoms with Gasteiger partial charge in [0.15, 0.2) is 0 Å². The highest BCUT2D eigenvalue weighted by molar-refractivity contribution is 5.68. The van der Waals surface area contributed by atoms with Crippen molar-refractivity contribution in [1.82, 2.24) is 24.7 Å². The number of benzene rings is 1. The number of amides is 1. The zero-order valence-electron chi connectivity index (χ0n) is 23.4. The number of likely N-dealkylation sites (N-methyl/N-ethyl adjacent to an activating group) is 1. The first-order valence-electron chi connectivity index (χ1n) is 14.0. The van der Waals surface area contributed by atoms with E-state index >= 15 is 0 Å². The van der Waals surface area contributed by atoms with Crippen LogP contribution in [-0.4, -0.2) is 95.3 Å². The van der Waals surface area contributed by atoms with Crippen LogP contribution in [0.2, 0.25) is 0 Å². The summed E-state index contributed by atoms with van der Waals surface area (Å²) in [6, 6.07) is 11.5. The molecule has 0 radical (unpaired) electrons. The number of piperazine rings is 1. The molecule has 0 bridgehead atoms. The van der Waals surface area contributed by atoms with E-state index in [0.29, 0.717) is 44.8 Å². The van der Waals surface area contributed by atoms with Crippen molar-refractivity contribution < 1.29 is 14.3 Å². The molecular weight excluding hydrogens is 480 g/mol. The quantitative estimate of drug-likeness (QED) is 0.570. The van der Waals surface area contributed by atoms with Crippen molar-refractivity contribution in [2.45, 2.75) is 64.8 Å². The van der Waals surface area contributed by atoms with Crippen LogP contribution >= 0.6 is 0 Å². The minimum Gasteiger partial charge on any atom is -0.462 e. The number of carbonyl (C=O) groups is 1. The summed E-state index contributed by atoms with van der Waals surface area (Å²) < 4.78 is 11.8. The van der Waals surface area contributed by atoms with Gasteiger partial charge in [-0.1, -0.05) is 30.3 Å². The molecule has 0 N–H and O–H groups in total. The van der Waals surface area contributed by atoms with Crippen molar-refractivity contribution in [2.24, 2.45) is 0 Å². The van der Waals surface area contributed by atoms with Crippen molar-refractivity contribution in [3.05, 3.63) is 47.2 Å². The highest BCUT2D eigenvalue weighted by atomic mass is 16.6. The highest BCUT2D eigenvalue weighted by Crippen LogP contribution is 2.30. The van der Waals surface area contributed by atoms with Gasteiger partial charge in [0.2, 0.25) is 0 Å². The number of anilines is 1. The van der Waals surface area contributed by atoms with E-state index in [4.69, 9.17) is 19.4 Å². The van der Waals surface area contributed by atoms with Crippen LogP contribution in [0.5, 0.6) is 6.01 Å². The molecular formula is C29H42N6O3. The fourth-order valence-corrected chi connectivity index (χ4v) is 5.53. The second-order valence-electron chi connectivity index (χ2n) is 11.7. The maximum Gasteiger partial charge on any atom is 0.410 e. The second kappa shape index (κ2) is 11.5. The predicted octanol–water partition coefficient (Wildman–Crippen LogP) is 3.57. The van der Waals surface area contributed by atoms with Crippen LogP contribution in [0.3, 0.4) is 0 Å². The van der Waals surface area contributed by atoms with E-state index in [2.05, 4.69) is 52.1 Å². The Hall–Kier alpha value is -2.91. The van der Waals surface area contributed by atoms with E-state index in [0.717, 1.165) is 50.5 Å². The van der Waals surface area contributed by atoms with Gasteiger partial charge in [0.25, 0.3) is 0 Å². The summed E-state index contributed by atoms with van der Waals surface area (Å²) in [4.78, 5) is 31.4. The monoisotopic (exact) mass is 522 g/mol. The van der Waals surface area contributed by atoms with Crippen molar-refractivity contribution in [2.75, 3.05) is 57.8 Å². The molecule has 206 valence electrons. The van der Waals surface area contributed by atoms with Gasteiger partial charge < -0.3 is 24.2 Å². The zero-order valence-corrected chi connectivity index (χ0v) is 23.4. The van der Waals surface area contributed by atoms with Crippen molar-refractivity contribution in [3.63, 3.8) is 0 Å². The lowest BCUT2D eigenvalue weighted by Gasteiger charge is -2.38. The molecule has 0 saturated carbocycles. The topological polar surface area (TPSA) is 74.3 Å². The van der Waals surface area contributed by atoms with Crippen LogP contribution in [0.4, 0.5) is 10.6 Å². The summed E-state index contributed by atoms with van der Waals surface area (Å²) in [5.41, 5.74) is 3.08. The number of likely N-dealkylation sites (tertiary alicyclic amines) is 1. The molecule has 3 aliphatic heterocycles. The van der Waals surface area contributed by atoms with Crippen LogP contribution in [0.1, 0.15) is 50.4 Å². The molecule has 2 aromatic rings. The van der Waals surface area contributed by atoms with E-state index < -0.39 is 5.60 Å². The van der Waals surface area contributed by atoms with Gasteiger partial charge >= 0.3 is 12.1 Å². The first-order valence-corrected chi connectivity index (χ1v) is 14.0. The van der Waals surface area contributed by atoms with Gasteiger partial charge in [0, 0.05) is 57.4 Å². The minimum atomic E-state index is -0.495. The summed E-state index contributed by atoms with van der Waals surface area (Å²) in [5, 5.41) is 0. The lowest BCUT2D eigenvalue weighted by molar-refractivity contribution is 0.0240. The Balaban J connectivity index is 1.32. The Morgan fingerprint density at radius 3 is 2.47 bits per heavy atom. The van der Waals surface area contributed by atoms with Gasteiger partial charge in [0.1, 0.15) is 18.0 Å². The lowest BCUT2D eigenvalue weighted by Crippen LogP contribution is -2.50. The molecule has 1 aromatic carbocycles. The average molecular weight is 523 g/mol. The zero-order chi connectivity index (χ0) is 26.7. The van der Waals surface area contributed by atoms with Crippen LogP contribution in [0.25, 0.3) is 0 Å². The molecule has 2 saturated heterocycles. The molecule has 3 aliphatic rings. The van der Waals surface area contributed by atoms with Gasteiger partial charge in [-0.2, -0.15) is 9.97 Å². The van der Waals surface area contributed by atoms with Crippen LogP contribution in [0, 0.1) is 0 Å². The Kier molecular flexibility index (Phi) is 8.04. The van der Waals surface area contributed by atoms with E-state index in [1.54, 1.807) is 4.90 Å². The first kappa shape index (κ1) is 26.7. The molecule has 1 atom stereocenters. The van der Waals surface area contributed by atoms with Gasteiger partial charge in [-0.15, -0.1) is 0 Å². The molecule has 0 aliphatic carbocycles. The third kappa shape index (κ3) is 6.56. The van der Waals surface area contributed by atoms with E-state index in [1.807, 2.05) is 20.8 Å². The van der Waals surface area contributed by atoms with E-state index in [9.17, 15) is 4.79 Å². The summed E-state index contributed by atoms with van der Waals surface area (Å²) in [7, 11) is 2.16. The van der Waals surface area contributed by atoms with Crippen molar-refractivity contribution in [1.29, 1.82) is 0 Å². The predicted molar refractivity (Wildman–Crippen MR) is 147 cm³/mol. The number of hydrogen-bond acceptors (Lipinski definition) is 8. The largest absolute Gasteiger partial charge is 0.462 e. The summed E-state index contributed by atoms with van der Waals surface area (Å²) >= 11 is 0. The molecule has 1 amide bonds. The number of fused-ring (bicyclic) bond motifs is 1. The normalized spacial score (nSPS) is 20.9. The fourth-order valence-electron chi connectivity index (χ4n) is 5.53. The standard InChI is InChI=1S/C29H42N6O3/c1-29(2,3)38-28(36)35-17-15-34(16-18-35)26-24-12-14-33(19-22-9-6-5-7-10-22)20-25(24)30-27(31-26)37-21-23-11-8-13-32(23)4/h5-7,9-10,23H,8,11-21H2,1-4H3. The van der Waals surface area contributed by atoms with E-state index in [-0.39, 0.29) is 6.09 Å². The first-order chi connectivity index (χ1) is 18.2. The summed E-state index contributed by atoms with van der Waals surface area (Å²) in [6.07, 6.45) is 3.00. The maximum atomic E-state index is 12.6. The molecule has 38 heavy (non-hydrogen) atoms. The fraction of sp³-hybridized carbons (Fsp3) is 0.621. The van der Waals surface area contributed by atoms with Crippen molar-refractivity contribution in [3.8, 4) is 6.01 Å². The average Bonchev–Trinajstić information content (AvgIpc) is 3.31. The van der Waals surface area contributed by atoms with Gasteiger partial charge in [-0.05, 0) is 59.2 Å². The molecule has 1 aromatic heterocycles. The molecule has 2 fully saturated rings. The maximum absolute atomic E-state index is 12.6. The van der Waals surface area contributed by atoms with Crippen LogP contribution < -0.4 is 9.64 Å².